The molecule has 12 aromatic carbocycles. The largest absolute Gasteiger partial charge is 0.311 e. The van der Waals surface area contributed by atoms with Gasteiger partial charge in [0.2, 0.25) is 0 Å². The molecule has 0 N–H and O–H groups in total. The van der Waals surface area contributed by atoms with Gasteiger partial charge in [-0.1, -0.05) is 194 Å². The van der Waals surface area contributed by atoms with E-state index in [0.29, 0.717) is 0 Å². The summed E-state index contributed by atoms with van der Waals surface area (Å²) >= 11 is 0. The van der Waals surface area contributed by atoms with Gasteiger partial charge >= 0.3 is 0 Å². The molecule has 0 spiro atoms. The molecule has 0 amide bonds. The van der Waals surface area contributed by atoms with Crippen LogP contribution < -0.4 is 14.7 Å². The van der Waals surface area contributed by atoms with Crippen LogP contribution in [-0.4, -0.2) is 0 Å². The van der Waals surface area contributed by atoms with Crippen molar-refractivity contribution in [1.29, 1.82) is 0 Å². The summed E-state index contributed by atoms with van der Waals surface area (Å²) in [4.78, 5) is 7.10. The molecule has 0 aromatic heterocycles. The monoisotopic (exact) mass is 895 g/mol. The fourth-order valence-electron chi connectivity index (χ4n) is 10.3. The van der Waals surface area contributed by atoms with Crippen LogP contribution in [-0.2, 0) is 0 Å². The second-order valence-electron chi connectivity index (χ2n) is 17.7. The van der Waals surface area contributed by atoms with Crippen molar-refractivity contribution in [1.82, 2.24) is 0 Å². The Bertz CT molecular complexity index is 3290. The molecule has 0 heterocycles. The number of nitrogens with zero attached hydrogens (tertiary/aromatic N) is 3. The molecule has 12 aromatic rings. The highest BCUT2D eigenvalue weighted by atomic mass is 15.2. The van der Waals surface area contributed by atoms with Crippen molar-refractivity contribution < 1.29 is 0 Å². The number of para-hydroxylation sites is 2. The highest BCUT2D eigenvalue weighted by molar-refractivity contribution is 6.00. The zero-order valence-corrected chi connectivity index (χ0v) is 38.6. The Morgan fingerprint density at radius 2 is 0.500 bits per heavy atom. The lowest BCUT2D eigenvalue weighted by Gasteiger charge is -2.30. The number of fused-ring (bicyclic) bond motifs is 3. The minimum Gasteiger partial charge on any atom is -0.311 e. The van der Waals surface area contributed by atoms with Crippen molar-refractivity contribution in [3.63, 3.8) is 0 Å². The minimum atomic E-state index is 0.0458. The molecule has 1 unspecified atom stereocenters. The van der Waals surface area contributed by atoms with Crippen LogP contribution in [0.3, 0.4) is 0 Å². The van der Waals surface area contributed by atoms with E-state index in [4.69, 9.17) is 0 Å². The molecule has 0 saturated carbocycles. The summed E-state index contributed by atoms with van der Waals surface area (Å²) < 4.78 is 0. The number of benzene rings is 12. The van der Waals surface area contributed by atoms with Gasteiger partial charge in [-0.25, -0.2) is 0 Å². The highest BCUT2D eigenvalue weighted by Crippen LogP contribution is 2.45. The second kappa shape index (κ2) is 18.8. The van der Waals surface area contributed by atoms with E-state index in [1.807, 2.05) is 0 Å². The minimum absolute atomic E-state index is 0.0458. The van der Waals surface area contributed by atoms with E-state index in [1.165, 1.54) is 49.0 Å². The number of hydrogen-bond acceptors (Lipinski definition) is 3. The van der Waals surface area contributed by atoms with E-state index >= 15 is 0 Å². The van der Waals surface area contributed by atoms with Crippen molar-refractivity contribution in [3.8, 4) is 0 Å². The van der Waals surface area contributed by atoms with Gasteiger partial charge in [0.05, 0.1) is 11.4 Å². The molecular formula is C67H49N3. The molecular weight excluding hydrogens is 847 g/mol. The molecule has 0 aliphatic rings. The Labute approximate surface area is 410 Å². The van der Waals surface area contributed by atoms with Gasteiger partial charge in [0.1, 0.15) is 0 Å². The van der Waals surface area contributed by atoms with Gasteiger partial charge in [0, 0.05) is 56.5 Å². The molecule has 0 aliphatic heterocycles. The van der Waals surface area contributed by atoms with E-state index < -0.39 is 0 Å². The summed E-state index contributed by atoms with van der Waals surface area (Å²) in [5.74, 6) is 0.0458. The van der Waals surface area contributed by atoms with Crippen molar-refractivity contribution in [2.24, 2.45) is 0 Å². The highest BCUT2D eigenvalue weighted by Gasteiger charge is 2.22. The molecule has 0 radical (unpaired) electrons. The summed E-state index contributed by atoms with van der Waals surface area (Å²) in [5, 5.41) is 7.32. The summed E-state index contributed by atoms with van der Waals surface area (Å²) in [6, 6.07) is 105. The zero-order chi connectivity index (χ0) is 46.6. The van der Waals surface area contributed by atoms with Crippen LogP contribution in [0.5, 0.6) is 0 Å². The van der Waals surface area contributed by atoms with E-state index in [9.17, 15) is 0 Å². The van der Waals surface area contributed by atoms with Gasteiger partial charge in [-0.3, -0.25) is 0 Å². The van der Waals surface area contributed by atoms with Gasteiger partial charge in [0.25, 0.3) is 0 Å². The van der Waals surface area contributed by atoms with Gasteiger partial charge in [0.15, 0.2) is 0 Å². The van der Waals surface area contributed by atoms with E-state index in [1.54, 1.807) is 0 Å². The van der Waals surface area contributed by atoms with Crippen LogP contribution >= 0.6 is 0 Å². The lowest BCUT2D eigenvalue weighted by Crippen LogP contribution is -2.13. The fraction of sp³-hybridized carbons (Fsp3) is 0.0149. The first-order valence-corrected chi connectivity index (χ1v) is 24.0. The summed E-state index contributed by atoms with van der Waals surface area (Å²) in [5.41, 5.74) is 13.6. The van der Waals surface area contributed by atoms with E-state index in [-0.39, 0.29) is 5.92 Å². The normalized spacial score (nSPS) is 11.7. The molecule has 3 nitrogen and oxygen atoms in total. The maximum Gasteiger partial charge on any atom is 0.0540 e. The average Bonchev–Trinajstić information content (AvgIpc) is 3.43. The fourth-order valence-corrected chi connectivity index (χ4v) is 10.3. The third-order valence-corrected chi connectivity index (χ3v) is 13.5. The number of rotatable bonds is 12. The Morgan fingerprint density at radius 3 is 0.957 bits per heavy atom. The smallest absolute Gasteiger partial charge is 0.0540 e. The van der Waals surface area contributed by atoms with Crippen LogP contribution in [0.2, 0.25) is 0 Å². The third kappa shape index (κ3) is 8.10. The quantitative estimate of drug-likeness (QED) is 0.113. The molecule has 332 valence electrons. The van der Waals surface area contributed by atoms with Gasteiger partial charge in [-0.2, -0.15) is 0 Å². The second-order valence-corrected chi connectivity index (χ2v) is 17.7. The molecule has 0 fully saturated rings. The first kappa shape index (κ1) is 42.2. The molecule has 3 heteroatoms. The van der Waals surface area contributed by atoms with Crippen LogP contribution in [0.1, 0.15) is 22.6 Å². The SMILES string of the molecule is c1ccc(C(c2ccc(N(c3ccc(N(c4ccccc4)c4cccc5ccccc45)cc3)c3ccc(N(c4ccccc4)c4cccc5ccccc45)cc3)cc2)c2cccc3ccccc23)cc1. The molecule has 0 aliphatic carbocycles. The first-order valence-electron chi connectivity index (χ1n) is 24.0. The van der Waals surface area contributed by atoms with Crippen LogP contribution in [0.25, 0.3) is 32.3 Å². The number of anilines is 9. The number of hydrogen-bond donors (Lipinski definition) is 0. The average molecular weight is 896 g/mol. The summed E-state index contributed by atoms with van der Waals surface area (Å²) in [6.45, 7) is 0. The molecule has 70 heavy (non-hydrogen) atoms. The predicted octanol–water partition coefficient (Wildman–Crippen LogP) is 18.7. The summed E-state index contributed by atoms with van der Waals surface area (Å²) in [6.07, 6.45) is 0. The van der Waals surface area contributed by atoms with Crippen molar-refractivity contribution >= 4 is 83.5 Å². The first-order chi connectivity index (χ1) is 34.7. The van der Waals surface area contributed by atoms with Crippen molar-refractivity contribution in [2.75, 3.05) is 14.7 Å². The van der Waals surface area contributed by atoms with Crippen molar-refractivity contribution in [3.05, 3.63) is 308 Å². The lowest BCUT2D eigenvalue weighted by molar-refractivity contribution is 0.988. The maximum absolute atomic E-state index is 2.38. The maximum atomic E-state index is 2.38. The topological polar surface area (TPSA) is 9.72 Å². The molecule has 1 atom stereocenters. The Balaban J connectivity index is 0.984. The van der Waals surface area contributed by atoms with Gasteiger partial charge < -0.3 is 14.7 Å². The Kier molecular flexibility index (Phi) is 11.4. The van der Waals surface area contributed by atoms with Gasteiger partial charge in [-0.15, -0.1) is 0 Å². The Hall–Kier alpha value is -9.18. The third-order valence-electron chi connectivity index (χ3n) is 13.5. The molecule has 12 rings (SSSR count). The van der Waals surface area contributed by atoms with E-state index in [2.05, 4.69) is 306 Å². The zero-order valence-electron chi connectivity index (χ0n) is 38.6. The predicted molar refractivity (Wildman–Crippen MR) is 297 cm³/mol. The van der Waals surface area contributed by atoms with E-state index in [0.717, 1.165) is 51.2 Å². The molecule has 0 saturated heterocycles. The molecule has 0 bridgehead atoms. The lowest BCUT2D eigenvalue weighted by atomic mass is 9.83. The standard InChI is InChI=1S/C67H49N3/c1-4-22-52(23-5-1)67(64-34-16-24-49-19-10-13-31-61(49)64)53-37-39-56(40-38-53)68(57-41-45-59(46-42-57)69(54-27-6-2-7-28-54)65-35-17-25-50-20-11-14-32-62(50)65)58-43-47-60(48-44-58)70(55-29-8-3-9-30-55)66-36-18-26-51-21-12-15-33-63(51)66/h1-48,67H. The summed E-state index contributed by atoms with van der Waals surface area (Å²) in [7, 11) is 0. The van der Waals surface area contributed by atoms with Gasteiger partial charge in [-0.05, 0) is 135 Å². The van der Waals surface area contributed by atoms with Crippen LogP contribution in [0.4, 0.5) is 51.2 Å². The van der Waals surface area contributed by atoms with Crippen LogP contribution in [0.15, 0.2) is 291 Å². The van der Waals surface area contributed by atoms with Crippen molar-refractivity contribution in [2.45, 2.75) is 5.92 Å². The Morgan fingerprint density at radius 1 is 0.200 bits per heavy atom. The van der Waals surface area contributed by atoms with Crippen LogP contribution in [0, 0.1) is 0 Å².